The number of hydrogen-bond donors (Lipinski definition) is 1. The van der Waals surface area contributed by atoms with Crippen LogP contribution in [0.25, 0.3) is 11.0 Å². The van der Waals surface area contributed by atoms with Gasteiger partial charge in [0.15, 0.2) is 5.76 Å². The summed E-state index contributed by atoms with van der Waals surface area (Å²) < 4.78 is 5.80. The quantitative estimate of drug-likeness (QED) is 0.940. The number of furan rings is 1. The molecule has 0 aliphatic heterocycles. The lowest BCUT2D eigenvalue weighted by molar-refractivity contribution is 0.0619. The van der Waals surface area contributed by atoms with Crippen LogP contribution >= 0.6 is 0 Å². The van der Waals surface area contributed by atoms with Gasteiger partial charge < -0.3 is 14.4 Å². The lowest BCUT2D eigenvalue weighted by atomic mass is 10.1. The minimum Gasteiger partial charge on any atom is -0.450 e. The van der Waals surface area contributed by atoms with Crippen LogP contribution in [0.5, 0.6) is 0 Å². The van der Waals surface area contributed by atoms with Crippen molar-refractivity contribution in [2.24, 2.45) is 5.92 Å². The first-order valence-electron chi connectivity index (χ1n) is 7.41. The number of carbonyl (C=O) groups excluding carboxylic acids is 1. The van der Waals surface area contributed by atoms with Gasteiger partial charge >= 0.3 is 0 Å². The number of fused-ring (bicyclic) bond motifs is 1. The minimum absolute atomic E-state index is 0.164. The molecule has 21 heavy (non-hydrogen) atoms. The molecule has 1 aromatic carbocycles. The fraction of sp³-hybridized carbons (Fsp3) is 0.471. The van der Waals surface area contributed by atoms with Crippen molar-refractivity contribution in [3.63, 3.8) is 0 Å². The first-order valence-corrected chi connectivity index (χ1v) is 7.41. The van der Waals surface area contributed by atoms with Crippen LogP contribution in [0.4, 0.5) is 0 Å². The molecule has 1 aliphatic rings. The van der Waals surface area contributed by atoms with Crippen molar-refractivity contribution >= 4 is 16.9 Å². The highest BCUT2D eigenvalue weighted by Gasteiger charge is 2.32. The van der Waals surface area contributed by atoms with Crippen LogP contribution in [-0.4, -0.2) is 35.6 Å². The summed E-state index contributed by atoms with van der Waals surface area (Å²) in [5.74, 6) is 0.576. The molecule has 1 amide bonds. The van der Waals surface area contributed by atoms with Crippen LogP contribution in [0.15, 0.2) is 22.6 Å². The molecule has 1 heterocycles. The zero-order valence-electron chi connectivity index (χ0n) is 12.7. The molecule has 4 heteroatoms. The number of nitrogens with zero attached hydrogens (tertiary/aromatic N) is 1. The van der Waals surface area contributed by atoms with Gasteiger partial charge in [-0.2, -0.15) is 0 Å². The smallest absolute Gasteiger partial charge is 0.289 e. The monoisotopic (exact) mass is 287 g/mol. The number of hydrogen-bond acceptors (Lipinski definition) is 3. The summed E-state index contributed by atoms with van der Waals surface area (Å²) in [6.45, 7) is 4.24. The molecule has 1 N–H and O–H groups in total. The second-order valence-electron chi connectivity index (χ2n) is 6.10. The van der Waals surface area contributed by atoms with E-state index in [0.717, 1.165) is 34.9 Å². The normalized spacial score (nSPS) is 16.2. The summed E-state index contributed by atoms with van der Waals surface area (Å²) in [7, 11) is 1.72. The van der Waals surface area contributed by atoms with Crippen LogP contribution in [0.1, 0.15) is 34.5 Å². The third-order valence-corrected chi connectivity index (χ3v) is 4.33. The molecule has 1 fully saturated rings. The number of amides is 1. The number of aliphatic hydroxyl groups is 1. The number of benzene rings is 1. The molecule has 0 radical (unpaired) electrons. The summed E-state index contributed by atoms with van der Waals surface area (Å²) in [4.78, 5) is 14.1. The maximum absolute atomic E-state index is 12.5. The Morgan fingerprint density at radius 2 is 2.14 bits per heavy atom. The Labute approximate surface area is 124 Å². The summed E-state index contributed by atoms with van der Waals surface area (Å²) in [5, 5.41) is 11.0. The van der Waals surface area contributed by atoms with Gasteiger partial charge in [-0.25, -0.2) is 0 Å². The van der Waals surface area contributed by atoms with Gasteiger partial charge in [-0.3, -0.25) is 4.79 Å². The Hall–Kier alpha value is -1.81. The van der Waals surface area contributed by atoms with Crippen LogP contribution in [0.2, 0.25) is 0 Å². The summed E-state index contributed by atoms with van der Waals surface area (Å²) in [5.41, 5.74) is 2.66. The molecule has 1 aliphatic carbocycles. The molecule has 1 saturated carbocycles. The second-order valence-corrected chi connectivity index (χ2v) is 6.10. The Morgan fingerprint density at radius 3 is 2.76 bits per heavy atom. The third kappa shape index (κ3) is 2.56. The Kier molecular flexibility index (Phi) is 3.49. The molecule has 0 spiro atoms. The number of aliphatic hydroxyl groups excluding tert-OH is 1. The summed E-state index contributed by atoms with van der Waals surface area (Å²) in [6, 6.07) is 5.91. The maximum atomic E-state index is 12.5. The van der Waals surface area contributed by atoms with Crippen molar-refractivity contribution in [3.8, 4) is 0 Å². The standard InChI is InChI=1S/C17H21NO3/c1-10-5-4-6-13-11(2)16(21-15(10)13)17(20)18(3)9-14(19)12-7-8-12/h4-6,12,14,19H,7-9H2,1-3H3. The zero-order valence-corrected chi connectivity index (χ0v) is 12.7. The van der Waals surface area contributed by atoms with Crippen LogP contribution in [-0.2, 0) is 0 Å². The first-order chi connectivity index (χ1) is 9.99. The molecule has 1 unspecified atom stereocenters. The van der Waals surface area contributed by atoms with E-state index in [0.29, 0.717) is 18.2 Å². The number of likely N-dealkylation sites (N-methyl/N-ethyl adjacent to an activating group) is 1. The second kappa shape index (κ2) is 5.19. The van der Waals surface area contributed by atoms with E-state index in [1.54, 1.807) is 11.9 Å². The van der Waals surface area contributed by atoms with Gasteiger partial charge in [-0.15, -0.1) is 0 Å². The van der Waals surface area contributed by atoms with Crippen molar-refractivity contribution < 1.29 is 14.3 Å². The first kappa shape index (κ1) is 14.1. The molecule has 4 nitrogen and oxygen atoms in total. The SMILES string of the molecule is Cc1c(C(=O)N(C)CC(O)C2CC2)oc2c(C)cccc12. The van der Waals surface area contributed by atoms with Crippen LogP contribution in [0.3, 0.4) is 0 Å². The topological polar surface area (TPSA) is 53.7 Å². The highest BCUT2D eigenvalue weighted by molar-refractivity contribution is 5.99. The molecular weight excluding hydrogens is 266 g/mol. The van der Waals surface area contributed by atoms with Crippen molar-refractivity contribution in [2.45, 2.75) is 32.8 Å². The molecule has 1 atom stereocenters. The highest BCUT2D eigenvalue weighted by atomic mass is 16.3. The van der Waals surface area contributed by atoms with E-state index in [1.165, 1.54) is 0 Å². The van der Waals surface area contributed by atoms with Crippen LogP contribution < -0.4 is 0 Å². The van der Waals surface area contributed by atoms with Gasteiger partial charge in [0.1, 0.15) is 5.58 Å². The molecule has 2 aromatic rings. The number of rotatable bonds is 4. The molecule has 0 bridgehead atoms. The van der Waals surface area contributed by atoms with E-state index in [2.05, 4.69) is 0 Å². The van der Waals surface area contributed by atoms with E-state index < -0.39 is 6.10 Å². The van der Waals surface area contributed by atoms with Crippen molar-refractivity contribution in [1.29, 1.82) is 0 Å². The summed E-state index contributed by atoms with van der Waals surface area (Å²) >= 11 is 0. The number of carbonyl (C=O) groups is 1. The molecule has 0 saturated heterocycles. The third-order valence-electron chi connectivity index (χ3n) is 4.33. The maximum Gasteiger partial charge on any atom is 0.289 e. The fourth-order valence-corrected chi connectivity index (χ4v) is 2.76. The van der Waals surface area contributed by atoms with E-state index in [4.69, 9.17) is 4.42 Å². The molecule has 112 valence electrons. The molecule has 1 aromatic heterocycles. The van der Waals surface area contributed by atoms with Gasteiger partial charge in [-0.1, -0.05) is 18.2 Å². The van der Waals surface area contributed by atoms with Crippen LogP contribution in [0, 0.1) is 19.8 Å². The van der Waals surface area contributed by atoms with E-state index in [9.17, 15) is 9.90 Å². The Balaban J connectivity index is 1.86. The lowest BCUT2D eigenvalue weighted by Gasteiger charge is -2.19. The van der Waals surface area contributed by atoms with E-state index in [1.807, 2.05) is 32.0 Å². The van der Waals surface area contributed by atoms with Crippen molar-refractivity contribution in [1.82, 2.24) is 4.90 Å². The van der Waals surface area contributed by atoms with Crippen molar-refractivity contribution in [3.05, 3.63) is 35.1 Å². The zero-order chi connectivity index (χ0) is 15.1. The van der Waals surface area contributed by atoms with E-state index >= 15 is 0 Å². The Bertz CT molecular complexity index is 685. The average molecular weight is 287 g/mol. The minimum atomic E-state index is -0.426. The number of aryl methyl sites for hydroxylation is 2. The predicted molar refractivity (Wildman–Crippen MR) is 81.4 cm³/mol. The van der Waals surface area contributed by atoms with Crippen molar-refractivity contribution in [2.75, 3.05) is 13.6 Å². The van der Waals surface area contributed by atoms with Gasteiger partial charge in [0.05, 0.1) is 6.10 Å². The lowest BCUT2D eigenvalue weighted by Crippen LogP contribution is -2.35. The highest BCUT2D eigenvalue weighted by Crippen LogP contribution is 2.33. The van der Waals surface area contributed by atoms with Gasteiger partial charge in [-0.05, 0) is 38.2 Å². The predicted octanol–water partition coefficient (Wildman–Crippen LogP) is 2.89. The van der Waals surface area contributed by atoms with Gasteiger partial charge in [0.25, 0.3) is 5.91 Å². The van der Waals surface area contributed by atoms with Gasteiger partial charge in [0.2, 0.25) is 0 Å². The Morgan fingerprint density at radius 1 is 1.43 bits per heavy atom. The van der Waals surface area contributed by atoms with Gasteiger partial charge in [0, 0.05) is 24.5 Å². The average Bonchev–Trinajstić information content (AvgIpc) is 3.24. The summed E-state index contributed by atoms with van der Waals surface area (Å²) in [6.07, 6.45) is 1.70. The molecular formula is C17H21NO3. The molecule has 3 rings (SSSR count). The fourth-order valence-electron chi connectivity index (χ4n) is 2.76. The number of para-hydroxylation sites is 1. The van der Waals surface area contributed by atoms with E-state index in [-0.39, 0.29) is 5.91 Å². The largest absolute Gasteiger partial charge is 0.450 e.